The van der Waals surface area contributed by atoms with Gasteiger partial charge in [-0.3, -0.25) is 9.59 Å². The van der Waals surface area contributed by atoms with E-state index >= 15 is 0 Å². The molecule has 1 N–H and O–H groups in total. The highest BCUT2D eigenvalue weighted by Gasteiger charge is 2.35. The van der Waals surface area contributed by atoms with Gasteiger partial charge in [-0.05, 0) is 48.9 Å². The number of benzene rings is 2. The van der Waals surface area contributed by atoms with Gasteiger partial charge in [0.05, 0.1) is 5.92 Å². The number of oxazole rings is 1. The number of carbonyl (C=O) groups excluding carboxylic acids is 2. The minimum absolute atomic E-state index is 0.120. The van der Waals surface area contributed by atoms with Crippen molar-refractivity contribution in [1.29, 1.82) is 0 Å². The molecule has 0 unspecified atom stereocenters. The van der Waals surface area contributed by atoms with Gasteiger partial charge in [0.25, 0.3) is 0 Å². The first-order valence-electron chi connectivity index (χ1n) is 8.65. The highest BCUT2D eigenvalue weighted by atomic mass is 19.1. The number of hydrogen-bond acceptors (Lipinski definition) is 4. The largest absolute Gasteiger partial charge is 0.441 e. The van der Waals surface area contributed by atoms with E-state index in [-0.39, 0.29) is 30.6 Å². The van der Waals surface area contributed by atoms with Gasteiger partial charge in [-0.1, -0.05) is 0 Å². The normalized spacial score (nSPS) is 16.9. The molecule has 2 heterocycles. The molecule has 1 aliphatic rings. The van der Waals surface area contributed by atoms with Gasteiger partial charge >= 0.3 is 0 Å². The minimum Gasteiger partial charge on any atom is -0.441 e. The number of aryl methyl sites for hydroxylation is 2. The third-order valence-corrected chi connectivity index (χ3v) is 4.71. The maximum atomic E-state index is 13.4. The molecule has 4 rings (SSSR count). The van der Waals surface area contributed by atoms with Gasteiger partial charge in [0.1, 0.15) is 11.3 Å². The van der Waals surface area contributed by atoms with E-state index in [2.05, 4.69) is 10.3 Å². The average molecular weight is 367 g/mol. The summed E-state index contributed by atoms with van der Waals surface area (Å²) in [5.74, 6) is -0.617. The molecular weight excluding hydrogens is 349 g/mol. The molecule has 1 aliphatic heterocycles. The van der Waals surface area contributed by atoms with Crippen LogP contribution in [0.3, 0.4) is 0 Å². The average Bonchev–Trinajstić information content (AvgIpc) is 3.19. The molecule has 6 nitrogen and oxygen atoms in total. The van der Waals surface area contributed by atoms with Gasteiger partial charge in [0.15, 0.2) is 11.5 Å². The van der Waals surface area contributed by atoms with Gasteiger partial charge in [-0.25, -0.2) is 9.37 Å². The number of rotatable bonds is 3. The number of anilines is 2. The Labute approximate surface area is 155 Å². The molecule has 2 aromatic carbocycles. The van der Waals surface area contributed by atoms with E-state index < -0.39 is 5.92 Å². The highest BCUT2D eigenvalue weighted by Crippen LogP contribution is 2.29. The summed E-state index contributed by atoms with van der Waals surface area (Å²) in [4.78, 5) is 30.8. The highest BCUT2D eigenvalue weighted by molar-refractivity contribution is 6.04. The van der Waals surface area contributed by atoms with E-state index in [9.17, 15) is 14.0 Å². The molecule has 0 aliphatic carbocycles. The van der Waals surface area contributed by atoms with Gasteiger partial charge in [-0.2, -0.15) is 0 Å². The molecule has 1 aromatic heterocycles. The molecular formula is C20H18FN3O3. The zero-order valence-corrected chi connectivity index (χ0v) is 15.0. The Kier molecular flexibility index (Phi) is 4.14. The Morgan fingerprint density at radius 2 is 2.07 bits per heavy atom. The van der Waals surface area contributed by atoms with Crippen molar-refractivity contribution in [3.63, 3.8) is 0 Å². The van der Waals surface area contributed by atoms with Gasteiger partial charge in [0.2, 0.25) is 11.8 Å². The lowest BCUT2D eigenvalue weighted by molar-refractivity contribution is -0.122. The smallest absolute Gasteiger partial charge is 0.229 e. The molecule has 7 heteroatoms. The lowest BCUT2D eigenvalue weighted by atomic mass is 10.1. The molecule has 0 spiro atoms. The summed E-state index contributed by atoms with van der Waals surface area (Å²) >= 11 is 0. The van der Waals surface area contributed by atoms with E-state index in [4.69, 9.17) is 4.42 Å². The molecule has 1 fully saturated rings. The van der Waals surface area contributed by atoms with Crippen molar-refractivity contribution in [2.45, 2.75) is 20.3 Å². The fraction of sp³-hybridized carbons (Fsp3) is 0.250. The van der Waals surface area contributed by atoms with Crippen LogP contribution in [0.25, 0.3) is 11.1 Å². The Morgan fingerprint density at radius 1 is 1.26 bits per heavy atom. The van der Waals surface area contributed by atoms with Crippen LogP contribution in [0.15, 0.2) is 40.8 Å². The molecule has 138 valence electrons. The predicted molar refractivity (Wildman–Crippen MR) is 99.0 cm³/mol. The Balaban J connectivity index is 1.50. The van der Waals surface area contributed by atoms with Crippen molar-refractivity contribution in [2.75, 3.05) is 16.8 Å². The van der Waals surface area contributed by atoms with Crippen molar-refractivity contribution in [1.82, 2.24) is 4.98 Å². The van der Waals surface area contributed by atoms with Crippen LogP contribution in [0, 0.1) is 25.6 Å². The summed E-state index contributed by atoms with van der Waals surface area (Å²) in [6, 6.07) is 9.73. The van der Waals surface area contributed by atoms with Crippen LogP contribution in [0.1, 0.15) is 17.9 Å². The molecule has 0 bridgehead atoms. The van der Waals surface area contributed by atoms with Crippen molar-refractivity contribution >= 4 is 34.3 Å². The van der Waals surface area contributed by atoms with E-state index in [1.807, 2.05) is 0 Å². The zero-order valence-electron chi connectivity index (χ0n) is 15.0. The molecule has 3 aromatic rings. The first-order chi connectivity index (χ1) is 12.9. The monoisotopic (exact) mass is 367 g/mol. The number of fused-ring (bicyclic) bond motifs is 1. The minimum atomic E-state index is -0.474. The molecule has 0 radical (unpaired) electrons. The van der Waals surface area contributed by atoms with E-state index in [0.717, 1.165) is 0 Å². The number of carbonyl (C=O) groups is 2. The first kappa shape index (κ1) is 17.2. The van der Waals surface area contributed by atoms with E-state index in [0.29, 0.717) is 33.9 Å². The van der Waals surface area contributed by atoms with Gasteiger partial charge in [-0.15, -0.1) is 0 Å². The second-order valence-electron chi connectivity index (χ2n) is 6.74. The summed E-state index contributed by atoms with van der Waals surface area (Å²) < 4.78 is 18.8. The van der Waals surface area contributed by atoms with Crippen molar-refractivity contribution in [3.05, 3.63) is 53.7 Å². The molecule has 1 atom stereocenters. The fourth-order valence-corrected chi connectivity index (χ4v) is 3.30. The first-order valence-corrected chi connectivity index (χ1v) is 8.65. The van der Waals surface area contributed by atoms with Crippen LogP contribution in [0.2, 0.25) is 0 Å². The SMILES string of the molecule is Cc1nc2cc(N3C[C@H](C(=O)Nc4ccc(F)c(C)c4)CC3=O)ccc2o1. The number of nitrogens with one attached hydrogen (secondary N) is 1. The molecule has 27 heavy (non-hydrogen) atoms. The lowest BCUT2D eigenvalue weighted by Gasteiger charge is -2.16. The van der Waals surface area contributed by atoms with E-state index in [1.54, 1.807) is 43.0 Å². The molecule has 0 saturated carbocycles. The number of aromatic nitrogens is 1. The van der Waals surface area contributed by atoms with Crippen molar-refractivity contribution in [3.8, 4) is 0 Å². The summed E-state index contributed by atoms with van der Waals surface area (Å²) in [6.07, 6.45) is 0.127. The third-order valence-electron chi connectivity index (χ3n) is 4.71. The second kappa shape index (κ2) is 6.50. The number of halogens is 1. The summed E-state index contributed by atoms with van der Waals surface area (Å²) in [5, 5.41) is 2.77. The topological polar surface area (TPSA) is 75.4 Å². The summed E-state index contributed by atoms with van der Waals surface area (Å²) in [6.45, 7) is 3.68. The third kappa shape index (κ3) is 3.28. The fourth-order valence-electron chi connectivity index (χ4n) is 3.30. The van der Waals surface area contributed by atoms with Crippen LogP contribution in [0.4, 0.5) is 15.8 Å². The van der Waals surface area contributed by atoms with Crippen LogP contribution in [0.5, 0.6) is 0 Å². The quantitative estimate of drug-likeness (QED) is 0.768. The molecule has 1 saturated heterocycles. The van der Waals surface area contributed by atoms with Crippen molar-refractivity contribution < 1.29 is 18.4 Å². The van der Waals surface area contributed by atoms with E-state index in [1.165, 1.54) is 12.1 Å². The second-order valence-corrected chi connectivity index (χ2v) is 6.74. The van der Waals surface area contributed by atoms with Crippen LogP contribution < -0.4 is 10.2 Å². The maximum Gasteiger partial charge on any atom is 0.229 e. The van der Waals surface area contributed by atoms with Crippen molar-refractivity contribution in [2.24, 2.45) is 5.92 Å². The van der Waals surface area contributed by atoms with Crippen LogP contribution in [-0.4, -0.2) is 23.3 Å². The van der Waals surface area contributed by atoms with Gasteiger partial charge in [0, 0.05) is 31.3 Å². The van der Waals surface area contributed by atoms with Crippen LogP contribution >= 0.6 is 0 Å². The Hall–Kier alpha value is -3.22. The predicted octanol–water partition coefficient (Wildman–Crippen LogP) is 3.58. The lowest BCUT2D eigenvalue weighted by Crippen LogP contribution is -2.28. The Bertz CT molecular complexity index is 1060. The number of nitrogens with zero attached hydrogens (tertiary/aromatic N) is 2. The van der Waals surface area contributed by atoms with Gasteiger partial charge < -0.3 is 14.6 Å². The van der Waals surface area contributed by atoms with Crippen LogP contribution in [-0.2, 0) is 9.59 Å². The summed E-state index contributed by atoms with van der Waals surface area (Å²) in [5.41, 5.74) is 2.99. The Morgan fingerprint density at radius 3 is 2.85 bits per heavy atom. The maximum absolute atomic E-state index is 13.4. The number of hydrogen-bond donors (Lipinski definition) is 1. The zero-order chi connectivity index (χ0) is 19.1. The summed E-state index contributed by atoms with van der Waals surface area (Å²) in [7, 11) is 0. The standard InChI is InChI=1S/C20H18FN3O3/c1-11-7-14(3-5-16(11)21)23-20(26)13-8-19(25)24(10-13)15-4-6-18-17(9-15)22-12(2)27-18/h3-7,9,13H,8,10H2,1-2H3,(H,23,26)/t13-/m1/s1. The molecule has 2 amide bonds. The number of amides is 2.